The first kappa shape index (κ1) is 26.0. The summed E-state index contributed by atoms with van der Waals surface area (Å²) in [6.45, 7) is 3.91. The monoisotopic (exact) mass is 484 g/mol. The molecule has 2 N–H and O–H groups in total. The molecule has 0 aromatic heterocycles. The second-order valence-corrected chi connectivity index (χ2v) is 8.16. The summed E-state index contributed by atoms with van der Waals surface area (Å²) in [4.78, 5) is 24.4. The predicted octanol–water partition coefficient (Wildman–Crippen LogP) is 5.88. The lowest BCUT2D eigenvalue weighted by Crippen LogP contribution is -2.01. The van der Waals surface area contributed by atoms with E-state index in [0.29, 0.717) is 22.6 Å². The maximum atomic E-state index is 12.2. The smallest absolute Gasteiger partial charge is 0.196 e. The van der Waals surface area contributed by atoms with Gasteiger partial charge in [-0.15, -0.1) is 0 Å². The molecule has 0 radical (unpaired) electrons. The SMILES string of the molecule is COc1ccc(C(=O)c2ccc(C)cc2)c(O)c1.COc1ccc(C(=O)c2ccc(C)cc2)c(O)c1. The Morgan fingerprint density at radius 1 is 0.556 bits per heavy atom. The molecule has 4 rings (SSSR count). The van der Waals surface area contributed by atoms with Crippen molar-refractivity contribution in [3.63, 3.8) is 0 Å². The van der Waals surface area contributed by atoms with Gasteiger partial charge in [0.1, 0.15) is 23.0 Å². The summed E-state index contributed by atoms with van der Waals surface area (Å²) >= 11 is 0. The molecule has 6 nitrogen and oxygen atoms in total. The number of phenolic OH excluding ortho intramolecular Hbond substituents is 2. The number of methoxy groups -OCH3 is 2. The molecule has 4 aromatic carbocycles. The highest BCUT2D eigenvalue weighted by molar-refractivity contribution is 6.11. The van der Waals surface area contributed by atoms with Gasteiger partial charge in [0, 0.05) is 23.3 Å². The minimum Gasteiger partial charge on any atom is -0.507 e. The van der Waals surface area contributed by atoms with Crippen molar-refractivity contribution in [1.82, 2.24) is 0 Å². The van der Waals surface area contributed by atoms with Gasteiger partial charge in [0.05, 0.1) is 25.3 Å². The molecule has 0 unspecified atom stereocenters. The molecule has 0 aliphatic rings. The third-order valence-corrected chi connectivity index (χ3v) is 5.53. The zero-order valence-corrected chi connectivity index (χ0v) is 20.6. The van der Waals surface area contributed by atoms with Crippen LogP contribution in [0.25, 0.3) is 0 Å². The molecule has 0 aliphatic carbocycles. The molecule has 4 aromatic rings. The summed E-state index contributed by atoms with van der Waals surface area (Å²) in [7, 11) is 3.02. The molecule has 0 heterocycles. The number of phenols is 2. The lowest BCUT2D eigenvalue weighted by atomic mass is 10.0. The first-order valence-corrected chi connectivity index (χ1v) is 11.2. The quantitative estimate of drug-likeness (QED) is 0.332. The van der Waals surface area contributed by atoms with Gasteiger partial charge < -0.3 is 19.7 Å². The fraction of sp³-hybridized carbons (Fsp3) is 0.133. The Bertz CT molecular complexity index is 1250. The molecular weight excluding hydrogens is 456 g/mol. The highest BCUT2D eigenvalue weighted by Crippen LogP contribution is 2.26. The maximum Gasteiger partial charge on any atom is 0.196 e. The van der Waals surface area contributed by atoms with E-state index in [0.717, 1.165) is 11.1 Å². The molecule has 36 heavy (non-hydrogen) atoms. The topological polar surface area (TPSA) is 93.1 Å². The van der Waals surface area contributed by atoms with E-state index in [4.69, 9.17) is 9.47 Å². The number of benzene rings is 4. The molecule has 184 valence electrons. The van der Waals surface area contributed by atoms with Crippen LogP contribution in [0.2, 0.25) is 0 Å². The van der Waals surface area contributed by atoms with Crippen molar-refractivity contribution in [3.05, 3.63) is 118 Å². The highest BCUT2D eigenvalue weighted by atomic mass is 16.5. The van der Waals surface area contributed by atoms with Crippen LogP contribution in [0.5, 0.6) is 23.0 Å². The minimum atomic E-state index is -0.199. The molecule has 0 fully saturated rings. The van der Waals surface area contributed by atoms with Crippen molar-refractivity contribution in [2.75, 3.05) is 14.2 Å². The van der Waals surface area contributed by atoms with Gasteiger partial charge in [-0.2, -0.15) is 0 Å². The number of ketones is 2. The van der Waals surface area contributed by atoms with Gasteiger partial charge >= 0.3 is 0 Å². The molecule has 0 aliphatic heterocycles. The zero-order chi connectivity index (χ0) is 26.2. The van der Waals surface area contributed by atoms with Gasteiger partial charge in [-0.25, -0.2) is 0 Å². The number of carbonyl (C=O) groups is 2. The Kier molecular flexibility index (Phi) is 8.47. The Labute approximate surface area is 210 Å². The molecule has 0 spiro atoms. The van der Waals surface area contributed by atoms with Crippen LogP contribution in [-0.4, -0.2) is 36.0 Å². The number of rotatable bonds is 6. The highest BCUT2D eigenvalue weighted by Gasteiger charge is 2.15. The van der Waals surface area contributed by atoms with E-state index in [1.54, 1.807) is 48.5 Å². The fourth-order valence-electron chi connectivity index (χ4n) is 3.38. The van der Waals surface area contributed by atoms with Crippen LogP contribution in [0.1, 0.15) is 43.0 Å². The fourth-order valence-corrected chi connectivity index (χ4v) is 3.38. The van der Waals surface area contributed by atoms with E-state index in [9.17, 15) is 19.8 Å². The average molecular weight is 485 g/mol. The maximum absolute atomic E-state index is 12.2. The van der Waals surface area contributed by atoms with Crippen molar-refractivity contribution >= 4 is 11.6 Å². The molecule has 0 bridgehead atoms. The normalized spacial score (nSPS) is 10.1. The number of hydrogen-bond acceptors (Lipinski definition) is 6. The van der Waals surface area contributed by atoms with E-state index < -0.39 is 0 Å². The summed E-state index contributed by atoms with van der Waals surface area (Å²) in [5, 5.41) is 19.6. The van der Waals surface area contributed by atoms with Crippen LogP contribution in [0.15, 0.2) is 84.9 Å². The van der Waals surface area contributed by atoms with E-state index >= 15 is 0 Å². The van der Waals surface area contributed by atoms with E-state index in [1.807, 2.05) is 38.1 Å². The van der Waals surface area contributed by atoms with Crippen LogP contribution in [0.4, 0.5) is 0 Å². The van der Waals surface area contributed by atoms with Gasteiger partial charge in [0.15, 0.2) is 11.6 Å². The molecule has 0 saturated heterocycles. The Morgan fingerprint density at radius 2 is 0.889 bits per heavy atom. The molecule has 0 atom stereocenters. The summed E-state index contributed by atoms with van der Waals surface area (Å²) < 4.78 is 9.96. The Morgan fingerprint density at radius 3 is 1.17 bits per heavy atom. The van der Waals surface area contributed by atoms with Crippen LogP contribution >= 0.6 is 0 Å². The standard InChI is InChI=1S/2C15H14O3/c2*1-10-3-5-11(6-4-10)15(17)13-8-7-12(18-2)9-14(13)16/h2*3-9,16H,1-2H3. The summed E-state index contributed by atoms with van der Waals surface area (Å²) in [6.07, 6.45) is 0. The number of aromatic hydroxyl groups is 2. The van der Waals surface area contributed by atoms with Crippen LogP contribution in [0, 0.1) is 13.8 Å². The molecular formula is C30H28O6. The van der Waals surface area contributed by atoms with Crippen LogP contribution in [-0.2, 0) is 0 Å². The van der Waals surface area contributed by atoms with Crippen molar-refractivity contribution < 1.29 is 29.3 Å². The third-order valence-electron chi connectivity index (χ3n) is 5.53. The Balaban J connectivity index is 0.000000201. The summed E-state index contributed by atoms with van der Waals surface area (Å²) in [5.41, 5.74) is 3.84. The minimum absolute atomic E-state index is 0.0695. The lowest BCUT2D eigenvalue weighted by Gasteiger charge is -2.06. The van der Waals surface area contributed by atoms with E-state index in [1.165, 1.54) is 26.4 Å². The van der Waals surface area contributed by atoms with Crippen LogP contribution < -0.4 is 9.47 Å². The second-order valence-electron chi connectivity index (χ2n) is 8.16. The van der Waals surface area contributed by atoms with Crippen molar-refractivity contribution in [1.29, 1.82) is 0 Å². The predicted molar refractivity (Wildman–Crippen MR) is 139 cm³/mol. The van der Waals surface area contributed by atoms with Gasteiger partial charge in [-0.05, 0) is 38.1 Å². The summed E-state index contributed by atoms with van der Waals surface area (Å²) in [5.74, 6) is 0.506. The molecule has 0 saturated carbocycles. The number of hydrogen-bond donors (Lipinski definition) is 2. The van der Waals surface area contributed by atoms with Crippen LogP contribution in [0.3, 0.4) is 0 Å². The lowest BCUT2D eigenvalue weighted by molar-refractivity contribution is 0.102. The number of aryl methyl sites for hydroxylation is 2. The van der Waals surface area contributed by atoms with Gasteiger partial charge in [0.2, 0.25) is 0 Å². The van der Waals surface area contributed by atoms with Gasteiger partial charge in [0.25, 0.3) is 0 Å². The molecule has 0 amide bonds. The van der Waals surface area contributed by atoms with Gasteiger partial charge in [-0.3, -0.25) is 9.59 Å². The van der Waals surface area contributed by atoms with Crippen molar-refractivity contribution in [2.45, 2.75) is 13.8 Å². The zero-order valence-electron chi connectivity index (χ0n) is 20.6. The summed E-state index contributed by atoms with van der Waals surface area (Å²) in [6, 6.07) is 23.8. The Hall–Kier alpha value is -4.58. The average Bonchev–Trinajstić information content (AvgIpc) is 2.89. The first-order valence-electron chi connectivity index (χ1n) is 11.2. The second kappa shape index (κ2) is 11.7. The van der Waals surface area contributed by atoms with E-state index in [2.05, 4.69) is 0 Å². The number of ether oxygens (including phenoxy) is 2. The van der Waals surface area contributed by atoms with Gasteiger partial charge in [-0.1, -0.05) is 59.7 Å². The third kappa shape index (κ3) is 6.30. The molecule has 6 heteroatoms. The first-order chi connectivity index (χ1) is 17.2. The number of carbonyl (C=O) groups excluding carboxylic acids is 2. The largest absolute Gasteiger partial charge is 0.507 e. The van der Waals surface area contributed by atoms with Crippen molar-refractivity contribution in [3.8, 4) is 23.0 Å². The van der Waals surface area contributed by atoms with E-state index in [-0.39, 0.29) is 34.2 Å². The van der Waals surface area contributed by atoms with Crippen molar-refractivity contribution in [2.24, 2.45) is 0 Å².